The monoisotopic (exact) mass is 295 g/mol. The van der Waals surface area contributed by atoms with Gasteiger partial charge in [-0.3, -0.25) is 4.79 Å². The van der Waals surface area contributed by atoms with Crippen LogP contribution in [0, 0.1) is 0 Å². The van der Waals surface area contributed by atoms with Crippen LogP contribution >= 0.6 is 11.8 Å². The smallest absolute Gasteiger partial charge is 0.278 e. The molecule has 2 heterocycles. The number of nitrogens with one attached hydrogen (secondary N) is 1. The lowest BCUT2D eigenvalue weighted by Crippen LogP contribution is -2.47. The van der Waals surface area contributed by atoms with Crippen molar-refractivity contribution in [1.82, 2.24) is 5.01 Å². The van der Waals surface area contributed by atoms with E-state index in [-0.39, 0.29) is 11.4 Å². The fraction of sp³-hybridized carbons (Fsp3) is 0.125. The van der Waals surface area contributed by atoms with Crippen LogP contribution in [0.25, 0.3) is 0 Å². The summed E-state index contributed by atoms with van der Waals surface area (Å²) in [6, 6.07) is 17.6. The Bertz CT molecular complexity index is 729. The predicted molar refractivity (Wildman–Crippen MR) is 85.5 cm³/mol. The van der Waals surface area contributed by atoms with E-state index in [9.17, 15) is 4.79 Å². The molecule has 4 rings (SSSR count). The Balaban J connectivity index is 1.73. The van der Waals surface area contributed by atoms with E-state index in [2.05, 4.69) is 10.4 Å². The third kappa shape index (κ3) is 2.10. The van der Waals surface area contributed by atoms with E-state index < -0.39 is 0 Å². The predicted octanol–water partition coefficient (Wildman–Crippen LogP) is 2.99. The van der Waals surface area contributed by atoms with Crippen LogP contribution in [0.4, 0.5) is 5.69 Å². The van der Waals surface area contributed by atoms with E-state index in [0.717, 1.165) is 22.7 Å². The van der Waals surface area contributed by atoms with Gasteiger partial charge < -0.3 is 5.32 Å². The second kappa shape index (κ2) is 4.93. The number of hydrazone groups is 1. The summed E-state index contributed by atoms with van der Waals surface area (Å²) in [5.74, 6) is 0.739. The third-order valence-corrected chi connectivity index (χ3v) is 4.65. The molecule has 0 bridgehead atoms. The van der Waals surface area contributed by atoms with E-state index in [0.29, 0.717) is 5.56 Å². The van der Waals surface area contributed by atoms with Gasteiger partial charge in [-0.05, 0) is 17.7 Å². The molecule has 2 aromatic carbocycles. The summed E-state index contributed by atoms with van der Waals surface area (Å²) in [6.07, 6.45) is 0. The van der Waals surface area contributed by atoms with Crippen LogP contribution in [-0.4, -0.2) is 27.9 Å². The van der Waals surface area contributed by atoms with Gasteiger partial charge >= 0.3 is 0 Å². The number of carbonyl (C=O) groups is 1. The number of benzene rings is 2. The molecule has 2 aliphatic rings. The van der Waals surface area contributed by atoms with Crippen LogP contribution in [-0.2, 0) is 0 Å². The topological polar surface area (TPSA) is 44.7 Å². The first-order valence-corrected chi connectivity index (χ1v) is 7.81. The first-order valence-electron chi connectivity index (χ1n) is 6.76. The molecule has 0 aliphatic carbocycles. The number of carbonyl (C=O) groups excluding carboxylic acids is 1. The Morgan fingerprint density at radius 2 is 1.86 bits per heavy atom. The fourth-order valence-electron chi connectivity index (χ4n) is 2.52. The van der Waals surface area contributed by atoms with Crippen LogP contribution in [0.1, 0.15) is 15.9 Å². The van der Waals surface area contributed by atoms with Gasteiger partial charge in [-0.15, -0.1) is 11.8 Å². The van der Waals surface area contributed by atoms with Crippen molar-refractivity contribution in [1.29, 1.82) is 0 Å². The summed E-state index contributed by atoms with van der Waals surface area (Å²) in [4.78, 5) is 12.6. The molecule has 0 radical (unpaired) electrons. The van der Waals surface area contributed by atoms with E-state index in [1.165, 1.54) is 0 Å². The lowest BCUT2D eigenvalue weighted by Gasteiger charge is -2.37. The average Bonchev–Trinajstić information content (AvgIpc) is 2.56. The number of para-hydroxylation sites is 1. The lowest BCUT2D eigenvalue weighted by molar-refractivity contribution is 0.0743. The highest BCUT2D eigenvalue weighted by Crippen LogP contribution is 2.33. The van der Waals surface area contributed by atoms with Gasteiger partial charge in [-0.2, -0.15) is 10.1 Å². The van der Waals surface area contributed by atoms with Crippen molar-refractivity contribution in [3.63, 3.8) is 0 Å². The Morgan fingerprint density at radius 3 is 2.71 bits per heavy atom. The Morgan fingerprint density at radius 1 is 1.10 bits per heavy atom. The second-order valence-corrected chi connectivity index (χ2v) is 5.98. The Hall–Kier alpha value is -2.27. The first kappa shape index (κ1) is 12.5. The Labute approximate surface area is 126 Å². The maximum atomic E-state index is 12.6. The number of hydrogen-bond acceptors (Lipinski definition) is 4. The highest BCUT2D eigenvalue weighted by molar-refractivity contribution is 8.00. The molecule has 0 spiro atoms. The number of anilines is 1. The summed E-state index contributed by atoms with van der Waals surface area (Å²) in [6.45, 7) is 0. The van der Waals surface area contributed by atoms with Crippen molar-refractivity contribution >= 4 is 29.1 Å². The summed E-state index contributed by atoms with van der Waals surface area (Å²) in [5.41, 5.74) is 3.43. The van der Waals surface area contributed by atoms with E-state index in [4.69, 9.17) is 0 Å². The highest BCUT2D eigenvalue weighted by atomic mass is 32.2. The zero-order chi connectivity index (χ0) is 14.2. The summed E-state index contributed by atoms with van der Waals surface area (Å²) in [5, 5.41) is 9.49. The molecule has 1 N–H and O–H groups in total. The minimum absolute atomic E-state index is 0.0463. The maximum Gasteiger partial charge on any atom is 0.278 e. The largest absolute Gasteiger partial charge is 0.354 e. The number of thioether (sulfide) groups is 1. The van der Waals surface area contributed by atoms with Gasteiger partial charge in [0.25, 0.3) is 5.91 Å². The molecule has 1 unspecified atom stereocenters. The lowest BCUT2D eigenvalue weighted by atomic mass is 10.1. The molecule has 1 amide bonds. The molecular weight excluding hydrogens is 282 g/mol. The summed E-state index contributed by atoms with van der Waals surface area (Å²) in [7, 11) is 0. The summed E-state index contributed by atoms with van der Waals surface area (Å²) >= 11 is 1.68. The Kier molecular flexibility index (Phi) is 2.93. The second-order valence-electron chi connectivity index (χ2n) is 4.92. The molecule has 104 valence electrons. The summed E-state index contributed by atoms with van der Waals surface area (Å²) < 4.78 is 0. The molecule has 0 saturated heterocycles. The maximum absolute atomic E-state index is 12.6. The normalized spacial score (nSPS) is 20.2. The molecule has 0 fully saturated rings. The van der Waals surface area contributed by atoms with Gasteiger partial charge in [-0.25, -0.2) is 0 Å². The van der Waals surface area contributed by atoms with E-state index in [1.807, 2.05) is 54.6 Å². The van der Waals surface area contributed by atoms with Crippen LogP contribution < -0.4 is 5.32 Å². The minimum atomic E-state index is -0.125. The number of nitrogens with zero attached hydrogens (tertiary/aromatic N) is 2. The zero-order valence-corrected chi connectivity index (χ0v) is 12.0. The van der Waals surface area contributed by atoms with E-state index in [1.54, 1.807) is 16.8 Å². The van der Waals surface area contributed by atoms with Crippen molar-refractivity contribution in [2.75, 3.05) is 11.1 Å². The average molecular weight is 295 g/mol. The molecule has 2 aromatic rings. The van der Waals surface area contributed by atoms with Crippen molar-refractivity contribution in [2.45, 2.75) is 5.50 Å². The van der Waals surface area contributed by atoms with Crippen molar-refractivity contribution in [3.05, 3.63) is 65.7 Å². The molecule has 21 heavy (non-hydrogen) atoms. The van der Waals surface area contributed by atoms with Gasteiger partial charge in [-0.1, -0.05) is 42.5 Å². The number of rotatable bonds is 1. The number of amides is 1. The number of fused-ring (bicyclic) bond motifs is 2. The molecule has 2 aliphatic heterocycles. The molecule has 0 aromatic heterocycles. The zero-order valence-electron chi connectivity index (χ0n) is 11.2. The quantitative estimate of drug-likeness (QED) is 0.879. The molecular formula is C16H13N3OS. The molecule has 1 atom stereocenters. The molecule has 4 nitrogen and oxygen atoms in total. The molecule has 5 heteroatoms. The van der Waals surface area contributed by atoms with Crippen molar-refractivity contribution in [2.24, 2.45) is 5.10 Å². The van der Waals surface area contributed by atoms with Gasteiger partial charge in [0.1, 0.15) is 0 Å². The van der Waals surface area contributed by atoms with Crippen LogP contribution in [0.2, 0.25) is 0 Å². The number of hydrogen-bond donors (Lipinski definition) is 1. The van der Waals surface area contributed by atoms with Crippen LogP contribution in [0.15, 0.2) is 59.7 Å². The van der Waals surface area contributed by atoms with Gasteiger partial charge in [0.2, 0.25) is 0 Å². The third-order valence-electron chi connectivity index (χ3n) is 3.58. The van der Waals surface area contributed by atoms with Crippen LogP contribution in [0.3, 0.4) is 0 Å². The highest BCUT2D eigenvalue weighted by Gasteiger charge is 2.35. The van der Waals surface area contributed by atoms with E-state index >= 15 is 0 Å². The van der Waals surface area contributed by atoms with Gasteiger partial charge in [0.15, 0.2) is 5.50 Å². The van der Waals surface area contributed by atoms with Gasteiger partial charge in [0.05, 0.1) is 11.3 Å². The van der Waals surface area contributed by atoms with Gasteiger partial charge in [0, 0.05) is 11.4 Å². The molecule has 0 saturated carbocycles. The standard InChI is InChI=1S/C16H13N3OS/c20-15-12-8-4-5-9-13(12)17-16-19(15)18-14(10-21-16)11-6-2-1-3-7-11/h1-9,16-17H,10H2. The van der Waals surface area contributed by atoms with Crippen molar-refractivity contribution < 1.29 is 4.79 Å². The fourth-order valence-corrected chi connectivity index (χ4v) is 3.55. The first-order chi connectivity index (χ1) is 10.3. The minimum Gasteiger partial charge on any atom is -0.354 e. The SMILES string of the molecule is O=C1c2ccccc2NC2SCC(c3ccccc3)=NN12. The van der Waals surface area contributed by atoms with Crippen molar-refractivity contribution in [3.8, 4) is 0 Å². The van der Waals surface area contributed by atoms with Crippen LogP contribution in [0.5, 0.6) is 0 Å².